The predicted molar refractivity (Wildman–Crippen MR) is 87.9 cm³/mol. The molecule has 124 valence electrons. The van der Waals surface area contributed by atoms with E-state index in [1.54, 1.807) is 5.06 Å². The van der Waals surface area contributed by atoms with Gasteiger partial charge >= 0.3 is 5.97 Å². The summed E-state index contributed by atoms with van der Waals surface area (Å²) in [6.45, 7) is 7.00. The Labute approximate surface area is 140 Å². The summed E-state index contributed by atoms with van der Waals surface area (Å²) in [7, 11) is 0. The average molecular weight is 337 g/mol. The van der Waals surface area contributed by atoms with Gasteiger partial charge in [-0.3, -0.25) is 0 Å². The van der Waals surface area contributed by atoms with Crippen LogP contribution in [0.5, 0.6) is 0 Å². The molecule has 0 spiro atoms. The van der Waals surface area contributed by atoms with Crippen LogP contribution < -0.4 is 0 Å². The maximum absolute atomic E-state index is 12.0. The predicted octanol–water partition coefficient (Wildman–Crippen LogP) is 3.23. The molecular formula is C16H21ClN4O2. The first-order valence-electron chi connectivity index (χ1n) is 7.80. The number of hydrogen-bond donors (Lipinski definition) is 0. The van der Waals surface area contributed by atoms with Crippen molar-refractivity contribution in [3.8, 4) is 0 Å². The minimum atomic E-state index is -0.485. The lowest BCUT2D eigenvalue weighted by Gasteiger charge is -2.32. The second-order valence-corrected chi connectivity index (χ2v) is 7.27. The van der Waals surface area contributed by atoms with E-state index in [-0.39, 0.29) is 5.97 Å². The lowest BCUT2D eigenvalue weighted by molar-refractivity contribution is -0.205. The highest BCUT2D eigenvalue weighted by Crippen LogP contribution is 2.29. The maximum atomic E-state index is 12.0. The van der Waals surface area contributed by atoms with Crippen molar-refractivity contribution in [3.05, 3.63) is 23.7 Å². The summed E-state index contributed by atoms with van der Waals surface area (Å²) >= 11 is 6.10. The molecule has 3 rings (SSSR count). The Morgan fingerprint density at radius 3 is 2.65 bits per heavy atom. The van der Waals surface area contributed by atoms with Crippen molar-refractivity contribution in [1.29, 1.82) is 0 Å². The molecule has 0 atom stereocenters. The highest BCUT2D eigenvalue weighted by molar-refractivity contribution is 6.33. The number of fused-ring (bicyclic) bond motifs is 1. The Balaban J connectivity index is 1.67. The van der Waals surface area contributed by atoms with E-state index < -0.39 is 5.41 Å². The molecule has 1 aliphatic rings. The summed E-state index contributed by atoms with van der Waals surface area (Å²) in [5.41, 5.74) is 0.372. The van der Waals surface area contributed by atoms with Crippen molar-refractivity contribution >= 4 is 28.6 Å². The quantitative estimate of drug-likeness (QED) is 0.788. The molecular weight excluding hydrogens is 316 g/mol. The summed E-state index contributed by atoms with van der Waals surface area (Å²) in [6.07, 6.45) is 5.28. The smallest absolute Gasteiger partial charge is 0.330 e. The Hall–Kier alpha value is -1.66. The molecule has 3 heterocycles. The number of hydroxylamine groups is 2. The third-order valence-corrected chi connectivity index (χ3v) is 4.40. The van der Waals surface area contributed by atoms with Crippen LogP contribution in [0.4, 0.5) is 0 Å². The highest BCUT2D eigenvalue weighted by Gasteiger charge is 2.29. The van der Waals surface area contributed by atoms with E-state index >= 15 is 0 Å². The van der Waals surface area contributed by atoms with Crippen LogP contribution in [-0.4, -0.2) is 38.7 Å². The lowest BCUT2D eigenvalue weighted by Crippen LogP contribution is -2.39. The largest absolute Gasteiger partial charge is 0.367 e. The molecule has 1 fully saturated rings. The summed E-state index contributed by atoms with van der Waals surface area (Å²) in [4.78, 5) is 25.8. The Morgan fingerprint density at radius 1 is 1.30 bits per heavy atom. The minimum absolute atomic E-state index is 0.193. The number of carbonyl (C=O) groups is 1. The molecule has 2 aromatic heterocycles. The second-order valence-electron chi connectivity index (χ2n) is 6.91. The van der Waals surface area contributed by atoms with Crippen molar-refractivity contribution in [3.63, 3.8) is 0 Å². The number of hydrogen-bond acceptors (Lipinski definition) is 5. The van der Waals surface area contributed by atoms with Crippen molar-refractivity contribution in [2.75, 3.05) is 13.1 Å². The molecule has 0 aromatic carbocycles. The van der Waals surface area contributed by atoms with Crippen molar-refractivity contribution in [2.45, 2.75) is 39.7 Å². The first kappa shape index (κ1) is 16.2. The SMILES string of the molecule is CC(C)(C)C(=O)ON1CCC(n2ccc3c(Cl)ncnc32)CC1. The summed E-state index contributed by atoms with van der Waals surface area (Å²) in [6, 6.07) is 2.27. The number of carbonyl (C=O) groups excluding carboxylic acids is 1. The fraction of sp³-hybridized carbons (Fsp3) is 0.562. The lowest BCUT2D eigenvalue weighted by atomic mass is 9.98. The number of rotatable bonds is 2. The summed E-state index contributed by atoms with van der Waals surface area (Å²) in [5, 5.41) is 3.11. The Kier molecular flexibility index (Phi) is 4.29. The molecule has 23 heavy (non-hydrogen) atoms. The van der Waals surface area contributed by atoms with Gasteiger partial charge in [-0.15, -0.1) is 5.06 Å². The van der Waals surface area contributed by atoms with Gasteiger partial charge < -0.3 is 9.40 Å². The van der Waals surface area contributed by atoms with Crippen LogP contribution in [0.2, 0.25) is 5.15 Å². The van der Waals surface area contributed by atoms with Crippen molar-refractivity contribution < 1.29 is 9.63 Å². The van der Waals surface area contributed by atoms with E-state index in [1.165, 1.54) is 6.33 Å². The third-order valence-electron chi connectivity index (χ3n) is 4.10. The van der Waals surface area contributed by atoms with Crippen LogP contribution in [0.25, 0.3) is 11.0 Å². The third kappa shape index (κ3) is 3.33. The van der Waals surface area contributed by atoms with Gasteiger partial charge in [0.1, 0.15) is 17.1 Å². The van der Waals surface area contributed by atoms with Gasteiger partial charge in [-0.1, -0.05) is 11.6 Å². The van der Waals surface area contributed by atoms with Gasteiger partial charge in [-0.25, -0.2) is 14.8 Å². The van der Waals surface area contributed by atoms with Gasteiger partial charge in [-0.2, -0.15) is 0 Å². The molecule has 0 amide bonds. The van der Waals surface area contributed by atoms with E-state index in [4.69, 9.17) is 16.4 Å². The molecule has 0 N–H and O–H groups in total. The minimum Gasteiger partial charge on any atom is -0.367 e. The van der Waals surface area contributed by atoms with Crippen molar-refractivity contribution in [2.24, 2.45) is 5.41 Å². The van der Waals surface area contributed by atoms with Gasteiger partial charge in [0.05, 0.1) is 10.8 Å². The molecule has 7 heteroatoms. The van der Waals surface area contributed by atoms with E-state index in [0.29, 0.717) is 24.3 Å². The zero-order valence-electron chi connectivity index (χ0n) is 13.6. The molecule has 0 saturated carbocycles. The summed E-state index contributed by atoms with van der Waals surface area (Å²) in [5.74, 6) is -0.193. The normalized spacial score (nSPS) is 17.6. The number of aromatic nitrogens is 3. The highest BCUT2D eigenvalue weighted by atomic mass is 35.5. The molecule has 0 bridgehead atoms. The van der Waals surface area contributed by atoms with E-state index in [9.17, 15) is 4.79 Å². The van der Waals surface area contributed by atoms with Crippen LogP contribution in [0.1, 0.15) is 39.7 Å². The van der Waals surface area contributed by atoms with Gasteiger partial charge in [0.2, 0.25) is 0 Å². The first-order chi connectivity index (χ1) is 10.9. The zero-order chi connectivity index (χ0) is 16.6. The molecule has 0 radical (unpaired) electrons. The number of halogens is 1. The van der Waals surface area contributed by atoms with Gasteiger partial charge in [0, 0.05) is 25.3 Å². The summed E-state index contributed by atoms with van der Waals surface area (Å²) < 4.78 is 2.14. The van der Waals surface area contributed by atoms with Gasteiger partial charge in [0.25, 0.3) is 0 Å². The molecule has 0 unspecified atom stereocenters. The van der Waals surface area contributed by atoms with E-state index in [2.05, 4.69) is 14.5 Å². The number of nitrogens with zero attached hydrogens (tertiary/aromatic N) is 4. The van der Waals surface area contributed by atoms with E-state index in [1.807, 2.05) is 33.0 Å². The van der Waals surface area contributed by atoms with Crippen LogP contribution in [0, 0.1) is 5.41 Å². The Bertz CT molecular complexity index is 714. The standard InChI is InChI=1S/C16H21ClN4O2/c1-16(2,3)15(22)23-20-7-4-11(5-8-20)21-9-6-12-13(17)18-10-19-14(12)21/h6,9-11H,4-5,7-8H2,1-3H3. The monoisotopic (exact) mass is 336 g/mol. The van der Waals surface area contributed by atoms with Crippen LogP contribution in [-0.2, 0) is 9.63 Å². The molecule has 6 nitrogen and oxygen atoms in total. The molecule has 1 aliphatic heterocycles. The zero-order valence-corrected chi connectivity index (χ0v) is 14.4. The number of piperidine rings is 1. The fourth-order valence-corrected chi connectivity index (χ4v) is 2.89. The van der Waals surface area contributed by atoms with Crippen molar-refractivity contribution in [1.82, 2.24) is 19.6 Å². The van der Waals surface area contributed by atoms with Gasteiger partial charge in [0.15, 0.2) is 0 Å². The molecule has 1 saturated heterocycles. The second kappa shape index (κ2) is 6.09. The van der Waals surface area contributed by atoms with Crippen LogP contribution in [0.3, 0.4) is 0 Å². The average Bonchev–Trinajstić information content (AvgIpc) is 2.92. The topological polar surface area (TPSA) is 60.2 Å². The Morgan fingerprint density at radius 2 is 2.00 bits per heavy atom. The van der Waals surface area contributed by atoms with E-state index in [0.717, 1.165) is 23.9 Å². The van der Waals surface area contributed by atoms with Crippen LogP contribution in [0.15, 0.2) is 18.6 Å². The van der Waals surface area contributed by atoms with Crippen LogP contribution >= 0.6 is 11.6 Å². The molecule has 0 aliphatic carbocycles. The van der Waals surface area contributed by atoms with Gasteiger partial charge in [-0.05, 0) is 39.7 Å². The maximum Gasteiger partial charge on any atom is 0.330 e. The fourth-order valence-electron chi connectivity index (χ4n) is 2.70. The first-order valence-corrected chi connectivity index (χ1v) is 8.18. The molecule has 2 aromatic rings.